The molecule has 1 unspecified atom stereocenters. The first-order chi connectivity index (χ1) is 10.1. The van der Waals surface area contributed by atoms with Gasteiger partial charge in [-0.15, -0.1) is 0 Å². The zero-order chi connectivity index (χ0) is 15.5. The lowest BCUT2D eigenvalue weighted by Gasteiger charge is -2.14. The fourth-order valence-electron chi connectivity index (χ4n) is 1.82. The Morgan fingerprint density at radius 2 is 1.86 bits per heavy atom. The first-order valence-corrected chi connectivity index (χ1v) is 7.82. The fourth-order valence-corrected chi connectivity index (χ4v) is 1.82. The Morgan fingerprint density at radius 1 is 1.19 bits per heavy atom. The molecule has 0 saturated heterocycles. The number of rotatable bonds is 10. The van der Waals surface area contributed by atoms with Crippen LogP contribution in [0, 0.1) is 6.92 Å². The van der Waals surface area contributed by atoms with E-state index in [1.165, 1.54) is 5.56 Å². The molecule has 2 N–H and O–H groups in total. The van der Waals surface area contributed by atoms with E-state index in [-0.39, 0.29) is 11.9 Å². The largest absolute Gasteiger partial charge is 0.381 e. The van der Waals surface area contributed by atoms with Crippen molar-refractivity contribution in [1.29, 1.82) is 0 Å². The van der Waals surface area contributed by atoms with Crippen LogP contribution in [0.2, 0.25) is 0 Å². The first kappa shape index (κ1) is 17.7. The Hall–Kier alpha value is -1.39. The Bertz CT molecular complexity index is 404. The minimum absolute atomic E-state index is 0.00856. The van der Waals surface area contributed by atoms with Crippen molar-refractivity contribution in [1.82, 2.24) is 5.32 Å². The van der Waals surface area contributed by atoms with Gasteiger partial charge in [0.15, 0.2) is 0 Å². The summed E-state index contributed by atoms with van der Waals surface area (Å²) in [4.78, 5) is 12.0. The number of hydrogen-bond acceptors (Lipinski definition) is 3. The van der Waals surface area contributed by atoms with E-state index >= 15 is 0 Å². The third kappa shape index (κ3) is 7.83. The van der Waals surface area contributed by atoms with Gasteiger partial charge in [-0.3, -0.25) is 4.79 Å². The highest BCUT2D eigenvalue weighted by Crippen LogP contribution is 2.08. The summed E-state index contributed by atoms with van der Waals surface area (Å²) in [5.74, 6) is -0.00856. The van der Waals surface area contributed by atoms with Crippen LogP contribution in [-0.4, -0.2) is 31.7 Å². The van der Waals surface area contributed by atoms with Gasteiger partial charge >= 0.3 is 0 Å². The van der Waals surface area contributed by atoms with Gasteiger partial charge in [0.2, 0.25) is 5.91 Å². The maximum Gasteiger partial charge on any atom is 0.241 e. The molecule has 0 saturated carbocycles. The molecule has 1 aromatic carbocycles. The molecule has 0 fully saturated rings. The summed E-state index contributed by atoms with van der Waals surface area (Å²) in [7, 11) is 0. The van der Waals surface area contributed by atoms with Crippen LogP contribution in [0.1, 0.15) is 38.7 Å². The Morgan fingerprint density at radius 3 is 2.52 bits per heavy atom. The predicted molar refractivity (Wildman–Crippen MR) is 87.6 cm³/mol. The summed E-state index contributed by atoms with van der Waals surface area (Å²) in [6, 6.07) is 7.60. The molecule has 4 nitrogen and oxygen atoms in total. The average molecular weight is 292 g/mol. The van der Waals surface area contributed by atoms with E-state index in [1.807, 2.05) is 38.1 Å². The second-order valence-corrected chi connectivity index (χ2v) is 5.35. The van der Waals surface area contributed by atoms with Gasteiger partial charge in [-0.1, -0.05) is 31.0 Å². The first-order valence-electron chi connectivity index (χ1n) is 7.82. The molecule has 4 heteroatoms. The highest BCUT2D eigenvalue weighted by atomic mass is 16.5. The van der Waals surface area contributed by atoms with Crippen LogP contribution in [0.15, 0.2) is 24.3 Å². The molecule has 0 radical (unpaired) electrons. The lowest BCUT2D eigenvalue weighted by molar-refractivity contribution is -0.117. The van der Waals surface area contributed by atoms with Crippen LogP contribution in [0.25, 0.3) is 0 Å². The molecule has 1 rings (SSSR count). The zero-order valence-corrected chi connectivity index (χ0v) is 13.4. The van der Waals surface area contributed by atoms with Crippen LogP contribution >= 0.6 is 0 Å². The molecule has 0 aromatic heterocycles. The molecular formula is C17H28N2O2. The fraction of sp³-hybridized carbons (Fsp3) is 0.588. The Labute approximate surface area is 128 Å². The number of nitrogens with one attached hydrogen (secondary N) is 2. The lowest BCUT2D eigenvalue weighted by Crippen LogP contribution is -2.38. The summed E-state index contributed by atoms with van der Waals surface area (Å²) < 4.78 is 5.48. The maximum atomic E-state index is 12.0. The quantitative estimate of drug-likeness (QED) is 0.651. The van der Waals surface area contributed by atoms with Gasteiger partial charge < -0.3 is 15.4 Å². The number of aryl methyl sites for hydroxylation is 1. The molecule has 21 heavy (non-hydrogen) atoms. The SMILES string of the molecule is CCCCOCCCNC(C)C(=O)Nc1ccc(C)cc1. The molecule has 0 spiro atoms. The summed E-state index contributed by atoms with van der Waals surface area (Å²) in [5.41, 5.74) is 2.02. The number of benzene rings is 1. The van der Waals surface area contributed by atoms with Crippen LogP contribution in [0.5, 0.6) is 0 Å². The van der Waals surface area contributed by atoms with Gasteiger partial charge in [0, 0.05) is 18.9 Å². The molecule has 118 valence electrons. The van der Waals surface area contributed by atoms with Gasteiger partial charge in [0.1, 0.15) is 0 Å². The van der Waals surface area contributed by atoms with Crippen molar-refractivity contribution >= 4 is 11.6 Å². The third-order valence-electron chi connectivity index (χ3n) is 3.27. The molecule has 0 heterocycles. The number of hydrogen-bond donors (Lipinski definition) is 2. The van der Waals surface area contributed by atoms with Gasteiger partial charge in [-0.2, -0.15) is 0 Å². The van der Waals surface area contributed by atoms with E-state index in [4.69, 9.17) is 4.74 Å². The molecule has 0 aliphatic carbocycles. The highest BCUT2D eigenvalue weighted by molar-refractivity contribution is 5.94. The Kier molecular flexibility index (Phi) is 8.71. The predicted octanol–water partition coefficient (Wildman–Crippen LogP) is 3.12. The minimum Gasteiger partial charge on any atom is -0.381 e. The standard InChI is InChI=1S/C17H28N2O2/c1-4-5-12-21-13-6-11-18-15(3)17(20)19-16-9-7-14(2)8-10-16/h7-10,15,18H,4-6,11-13H2,1-3H3,(H,19,20). The second kappa shape index (κ2) is 10.4. The summed E-state index contributed by atoms with van der Waals surface area (Å²) in [6.45, 7) is 8.42. The molecule has 0 bridgehead atoms. The van der Waals surface area contributed by atoms with Crippen molar-refractivity contribution in [3.8, 4) is 0 Å². The van der Waals surface area contributed by atoms with E-state index in [1.54, 1.807) is 0 Å². The van der Waals surface area contributed by atoms with Gasteiger partial charge in [-0.25, -0.2) is 0 Å². The summed E-state index contributed by atoms with van der Waals surface area (Å²) in [6.07, 6.45) is 3.20. The molecule has 1 amide bonds. The summed E-state index contributed by atoms with van der Waals surface area (Å²) >= 11 is 0. The van der Waals surface area contributed by atoms with E-state index in [9.17, 15) is 4.79 Å². The maximum absolute atomic E-state index is 12.0. The van der Waals surface area contributed by atoms with E-state index in [2.05, 4.69) is 17.6 Å². The molecule has 1 atom stereocenters. The highest BCUT2D eigenvalue weighted by Gasteiger charge is 2.11. The zero-order valence-electron chi connectivity index (χ0n) is 13.4. The second-order valence-electron chi connectivity index (χ2n) is 5.35. The molecule has 1 aromatic rings. The van der Waals surface area contributed by atoms with Crippen LogP contribution in [0.4, 0.5) is 5.69 Å². The number of carbonyl (C=O) groups is 1. The van der Waals surface area contributed by atoms with Gasteiger partial charge in [-0.05, 0) is 45.4 Å². The number of unbranched alkanes of at least 4 members (excludes halogenated alkanes) is 1. The average Bonchev–Trinajstić information content (AvgIpc) is 2.48. The lowest BCUT2D eigenvalue weighted by atomic mass is 10.2. The Balaban J connectivity index is 2.15. The monoisotopic (exact) mass is 292 g/mol. The molecule has 0 aliphatic rings. The number of ether oxygens (including phenoxy) is 1. The normalized spacial score (nSPS) is 12.1. The third-order valence-corrected chi connectivity index (χ3v) is 3.27. The van der Waals surface area contributed by atoms with Crippen LogP contribution < -0.4 is 10.6 Å². The van der Waals surface area contributed by atoms with Crippen molar-refractivity contribution in [3.63, 3.8) is 0 Å². The topological polar surface area (TPSA) is 50.4 Å². The van der Waals surface area contributed by atoms with E-state index < -0.39 is 0 Å². The van der Waals surface area contributed by atoms with Crippen LogP contribution in [-0.2, 0) is 9.53 Å². The van der Waals surface area contributed by atoms with Gasteiger partial charge in [0.05, 0.1) is 6.04 Å². The number of carbonyl (C=O) groups excluding carboxylic acids is 1. The van der Waals surface area contributed by atoms with Crippen molar-refractivity contribution < 1.29 is 9.53 Å². The number of anilines is 1. The molecule has 0 aliphatic heterocycles. The summed E-state index contributed by atoms with van der Waals surface area (Å²) in [5, 5.41) is 6.12. The van der Waals surface area contributed by atoms with Crippen molar-refractivity contribution in [2.24, 2.45) is 0 Å². The van der Waals surface area contributed by atoms with Gasteiger partial charge in [0.25, 0.3) is 0 Å². The van der Waals surface area contributed by atoms with Crippen molar-refractivity contribution in [2.75, 3.05) is 25.1 Å². The smallest absolute Gasteiger partial charge is 0.241 e. The van der Waals surface area contributed by atoms with Crippen LogP contribution in [0.3, 0.4) is 0 Å². The van der Waals surface area contributed by atoms with Crippen molar-refractivity contribution in [3.05, 3.63) is 29.8 Å². The van der Waals surface area contributed by atoms with E-state index in [0.29, 0.717) is 0 Å². The molecular weight excluding hydrogens is 264 g/mol. The number of amides is 1. The van der Waals surface area contributed by atoms with Crippen molar-refractivity contribution in [2.45, 2.75) is 46.1 Å². The minimum atomic E-state index is -0.207. The van der Waals surface area contributed by atoms with E-state index in [0.717, 1.165) is 44.7 Å².